The first kappa shape index (κ1) is 16.1. The average molecular weight is 344 g/mol. The molecule has 3 heterocycles. The lowest BCUT2D eigenvalue weighted by Gasteiger charge is -2.38. The first-order valence-electron chi connectivity index (χ1n) is 8.20. The van der Waals surface area contributed by atoms with Crippen LogP contribution in [0.2, 0.25) is 0 Å². The Bertz CT molecular complexity index is 750. The van der Waals surface area contributed by atoms with Crippen molar-refractivity contribution in [1.82, 2.24) is 15.1 Å². The van der Waals surface area contributed by atoms with Crippen LogP contribution in [0.5, 0.6) is 0 Å². The number of aryl methyl sites for hydroxylation is 1. The van der Waals surface area contributed by atoms with Crippen molar-refractivity contribution in [2.24, 2.45) is 0 Å². The van der Waals surface area contributed by atoms with Gasteiger partial charge in [0.05, 0.1) is 18.8 Å². The molecule has 4 rings (SSSR count). The zero-order valence-electron chi connectivity index (χ0n) is 13.7. The van der Waals surface area contributed by atoms with Gasteiger partial charge < -0.3 is 25.2 Å². The number of anilines is 1. The van der Waals surface area contributed by atoms with E-state index < -0.39 is 36.6 Å². The summed E-state index contributed by atoms with van der Waals surface area (Å²) >= 11 is 0. The number of aromatic nitrogens is 2. The van der Waals surface area contributed by atoms with Gasteiger partial charge in [-0.25, -0.2) is 4.79 Å². The Morgan fingerprint density at radius 2 is 2.16 bits per heavy atom. The second-order valence-corrected chi connectivity index (χ2v) is 6.35. The van der Waals surface area contributed by atoms with Gasteiger partial charge in [0.2, 0.25) is 0 Å². The number of nitrogens with one attached hydrogen (secondary N) is 2. The highest BCUT2D eigenvalue weighted by Gasteiger charge is 2.51. The third-order valence-electron chi connectivity index (χ3n) is 4.50. The van der Waals surface area contributed by atoms with Gasteiger partial charge in [-0.1, -0.05) is 18.2 Å². The molecule has 1 aromatic carbocycles. The van der Waals surface area contributed by atoms with Crippen LogP contribution in [0.25, 0.3) is 0 Å². The Morgan fingerprint density at radius 3 is 2.88 bits per heavy atom. The third kappa shape index (κ3) is 3.11. The molecule has 2 amide bonds. The van der Waals surface area contributed by atoms with Crippen LogP contribution in [0.3, 0.4) is 0 Å². The third-order valence-corrected chi connectivity index (χ3v) is 4.50. The topological polar surface area (TPSA) is 97.6 Å². The summed E-state index contributed by atoms with van der Waals surface area (Å²) in [5, 5.41) is 20.6. The molecule has 0 aliphatic carbocycles. The molecule has 2 bridgehead atoms. The molecule has 132 valence electrons. The van der Waals surface area contributed by atoms with Crippen LogP contribution in [0.1, 0.15) is 11.6 Å². The van der Waals surface area contributed by atoms with E-state index in [1.165, 1.54) is 0 Å². The van der Waals surface area contributed by atoms with E-state index >= 15 is 0 Å². The minimum Gasteiger partial charge on any atom is -0.388 e. The number of benzene rings is 1. The first-order chi connectivity index (χ1) is 12.1. The molecule has 2 aliphatic rings. The fraction of sp³-hybridized carbons (Fsp3) is 0.412. The Labute approximate surface area is 144 Å². The van der Waals surface area contributed by atoms with Gasteiger partial charge in [-0.15, -0.1) is 0 Å². The summed E-state index contributed by atoms with van der Waals surface area (Å²) in [6.45, 7) is 2.23. The van der Waals surface area contributed by atoms with Crippen molar-refractivity contribution in [1.29, 1.82) is 0 Å². The molecule has 8 nitrogen and oxygen atoms in total. The summed E-state index contributed by atoms with van der Waals surface area (Å²) in [5.74, 6) is 0. The molecule has 25 heavy (non-hydrogen) atoms. The Hall–Kier alpha value is -2.42. The van der Waals surface area contributed by atoms with Crippen molar-refractivity contribution in [3.63, 3.8) is 0 Å². The Balaban J connectivity index is 1.49. The second kappa shape index (κ2) is 6.47. The molecular formula is C17H20N4O4. The quantitative estimate of drug-likeness (QED) is 0.773. The van der Waals surface area contributed by atoms with Gasteiger partial charge in [0, 0.05) is 11.9 Å². The van der Waals surface area contributed by atoms with Crippen molar-refractivity contribution >= 4 is 11.7 Å². The van der Waals surface area contributed by atoms with Crippen molar-refractivity contribution in [2.45, 2.75) is 37.5 Å². The summed E-state index contributed by atoms with van der Waals surface area (Å²) < 4.78 is 13.1. The van der Waals surface area contributed by atoms with Crippen LogP contribution >= 0.6 is 0 Å². The van der Waals surface area contributed by atoms with E-state index in [1.54, 1.807) is 23.0 Å². The van der Waals surface area contributed by atoms with Crippen molar-refractivity contribution in [3.8, 4) is 0 Å². The van der Waals surface area contributed by atoms with Crippen molar-refractivity contribution in [2.75, 3.05) is 11.9 Å². The van der Waals surface area contributed by atoms with Gasteiger partial charge in [0.1, 0.15) is 18.2 Å². The number of carbonyl (C=O) groups excluding carboxylic acids is 1. The second-order valence-electron chi connectivity index (χ2n) is 6.35. The number of aliphatic hydroxyl groups excluding tert-OH is 1. The van der Waals surface area contributed by atoms with Gasteiger partial charge in [-0.3, -0.25) is 4.68 Å². The van der Waals surface area contributed by atoms with Crippen LogP contribution < -0.4 is 10.6 Å². The number of rotatable bonds is 3. The van der Waals surface area contributed by atoms with Crippen LogP contribution in [-0.4, -0.2) is 52.1 Å². The highest BCUT2D eigenvalue weighted by atomic mass is 16.7. The zero-order chi connectivity index (χ0) is 17.4. The van der Waals surface area contributed by atoms with E-state index in [0.29, 0.717) is 12.3 Å². The summed E-state index contributed by atoms with van der Waals surface area (Å²) in [6.07, 6.45) is 1.68. The normalized spacial score (nSPS) is 30.9. The largest absolute Gasteiger partial charge is 0.388 e. The predicted molar refractivity (Wildman–Crippen MR) is 89.0 cm³/mol. The SMILES string of the molecule is Cc1cnn(C2C3OCC(O3)C(NC(=O)Nc3ccccc3)C2O)c1. The van der Waals surface area contributed by atoms with E-state index in [1.807, 2.05) is 31.3 Å². The number of aliphatic hydroxyl groups is 1. The molecule has 5 unspecified atom stereocenters. The van der Waals surface area contributed by atoms with E-state index in [2.05, 4.69) is 15.7 Å². The lowest BCUT2D eigenvalue weighted by Crippen LogP contribution is -2.59. The number of ether oxygens (including phenoxy) is 2. The maximum Gasteiger partial charge on any atom is 0.319 e. The Morgan fingerprint density at radius 1 is 1.36 bits per heavy atom. The fourth-order valence-corrected chi connectivity index (χ4v) is 3.30. The van der Waals surface area contributed by atoms with E-state index in [4.69, 9.17) is 9.47 Å². The fourth-order valence-electron chi connectivity index (χ4n) is 3.30. The highest BCUT2D eigenvalue weighted by Crippen LogP contribution is 2.35. The number of carbonyl (C=O) groups is 1. The zero-order valence-corrected chi connectivity index (χ0v) is 13.7. The molecule has 0 radical (unpaired) electrons. The van der Waals surface area contributed by atoms with Crippen LogP contribution in [0, 0.1) is 6.92 Å². The number of nitrogens with zero attached hydrogens (tertiary/aromatic N) is 2. The molecule has 1 aromatic heterocycles. The number of amides is 2. The molecule has 2 aliphatic heterocycles. The van der Waals surface area contributed by atoms with Crippen LogP contribution in [0.15, 0.2) is 42.7 Å². The molecular weight excluding hydrogens is 324 g/mol. The molecule has 2 aromatic rings. The monoisotopic (exact) mass is 344 g/mol. The van der Waals surface area contributed by atoms with Gasteiger partial charge >= 0.3 is 6.03 Å². The first-order valence-corrected chi connectivity index (χ1v) is 8.20. The lowest BCUT2D eigenvalue weighted by atomic mass is 9.96. The standard InChI is InChI=1S/C17H20N4O4/c1-10-7-18-21(8-10)14-15(22)13(12-9-24-16(14)25-12)20-17(23)19-11-5-3-2-4-6-11/h2-8,12-16,22H,9H2,1H3,(H2,19,20,23). The molecule has 0 saturated carbocycles. The number of hydrogen-bond acceptors (Lipinski definition) is 5. The van der Waals surface area contributed by atoms with Crippen LogP contribution in [-0.2, 0) is 9.47 Å². The maximum absolute atomic E-state index is 12.3. The summed E-state index contributed by atoms with van der Waals surface area (Å²) in [7, 11) is 0. The van der Waals surface area contributed by atoms with Crippen molar-refractivity contribution in [3.05, 3.63) is 48.3 Å². The smallest absolute Gasteiger partial charge is 0.319 e. The number of urea groups is 1. The van der Waals surface area contributed by atoms with E-state index in [0.717, 1.165) is 5.56 Å². The van der Waals surface area contributed by atoms with E-state index in [9.17, 15) is 9.90 Å². The van der Waals surface area contributed by atoms with Gasteiger partial charge in [-0.2, -0.15) is 5.10 Å². The minimum absolute atomic E-state index is 0.314. The molecule has 3 N–H and O–H groups in total. The summed E-state index contributed by atoms with van der Waals surface area (Å²) in [5.41, 5.74) is 1.64. The summed E-state index contributed by atoms with van der Waals surface area (Å²) in [4.78, 5) is 12.3. The van der Waals surface area contributed by atoms with Gasteiger partial charge in [-0.05, 0) is 24.6 Å². The van der Waals surface area contributed by atoms with Crippen molar-refractivity contribution < 1.29 is 19.4 Å². The number of hydrogen-bond donors (Lipinski definition) is 3. The van der Waals surface area contributed by atoms with E-state index in [-0.39, 0.29) is 0 Å². The van der Waals surface area contributed by atoms with Gasteiger partial charge in [0.25, 0.3) is 0 Å². The maximum atomic E-state index is 12.3. The molecule has 2 saturated heterocycles. The predicted octanol–water partition coefficient (Wildman–Crippen LogP) is 1.04. The number of para-hydroxylation sites is 1. The molecule has 2 fully saturated rings. The molecule has 8 heteroatoms. The number of fused-ring (bicyclic) bond motifs is 2. The Kier molecular flexibility index (Phi) is 4.16. The molecule has 5 atom stereocenters. The highest BCUT2D eigenvalue weighted by molar-refractivity contribution is 5.89. The lowest BCUT2D eigenvalue weighted by molar-refractivity contribution is -0.166. The minimum atomic E-state index is -0.882. The van der Waals surface area contributed by atoms with Crippen LogP contribution in [0.4, 0.5) is 10.5 Å². The summed E-state index contributed by atoms with van der Waals surface area (Å²) in [6, 6.07) is 7.59. The van der Waals surface area contributed by atoms with Gasteiger partial charge in [0.15, 0.2) is 6.29 Å². The molecule has 0 spiro atoms. The average Bonchev–Trinajstić information content (AvgIpc) is 3.21.